The molecular formula is C13H19NO2. The van der Waals surface area contributed by atoms with Crippen molar-refractivity contribution >= 4 is 11.7 Å². The molecule has 0 heterocycles. The van der Waals surface area contributed by atoms with Crippen LogP contribution in [0.5, 0.6) is 0 Å². The molecule has 1 aromatic carbocycles. The van der Waals surface area contributed by atoms with Gasteiger partial charge in [0.15, 0.2) is 0 Å². The van der Waals surface area contributed by atoms with E-state index in [2.05, 4.69) is 13.8 Å². The molecular weight excluding hydrogens is 202 g/mol. The summed E-state index contributed by atoms with van der Waals surface area (Å²) in [6, 6.07) is 5.27. The molecule has 0 atom stereocenters. The number of benzene rings is 1. The van der Waals surface area contributed by atoms with Crippen molar-refractivity contribution in [3.05, 3.63) is 29.3 Å². The Morgan fingerprint density at radius 1 is 1.44 bits per heavy atom. The Hall–Kier alpha value is -1.51. The molecule has 0 unspecified atom stereocenters. The van der Waals surface area contributed by atoms with E-state index in [0.717, 1.165) is 12.0 Å². The van der Waals surface area contributed by atoms with Crippen molar-refractivity contribution in [3.63, 3.8) is 0 Å². The van der Waals surface area contributed by atoms with Crippen LogP contribution in [0, 0.1) is 12.8 Å². The molecule has 2 N–H and O–H groups in total. The second-order valence-corrected chi connectivity index (χ2v) is 4.39. The van der Waals surface area contributed by atoms with Gasteiger partial charge in [0, 0.05) is 5.69 Å². The molecule has 16 heavy (non-hydrogen) atoms. The van der Waals surface area contributed by atoms with Gasteiger partial charge in [-0.25, -0.2) is 4.79 Å². The molecule has 3 heteroatoms. The van der Waals surface area contributed by atoms with Crippen LogP contribution in [0.3, 0.4) is 0 Å². The highest BCUT2D eigenvalue weighted by Crippen LogP contribution is 2.14. The van der Waals surface area contributed by atoms with Gasteiger partial charge in [-0.15, -0.1) is 0 Å². The molecule has 1 aromatic rings. The van der Waals surface area contributed by atoms with E-state index < -0.39 is 0 Å². The maximum atomic E-state index is 11.7. The number of rotatable bonds is 4. The summed E-state index contributed by atoms with van der Waals surface area (Å²) in [5, 5.41) is 0. The quantitative estimate of drug-likeness (QED) is 0.628. The van der Waals surface area contributed by atoms with Gasteiger partial charge in [0.1, 0.15) is 0 Å². The Labute approximate surface area is 96.6 Å². The van der Waals surface area contributed by atoms with Gasteiger partial charge in [0.05, 0.1) is 12.2 Å². The first-order valence-electron chi connectivity index (χ1n) is 5.54. The summed E-state index contributed by atoms with van der Waals surface area (Å²) in [6.45, 7) is 6.53. The molecule has 0 aliphatic heterocycles. The van der Waals surface area contributed by atoms with Crippen LogP contribution < -0.4 is 5.73 Å². The van der Waals surface area contributed by atoms with Crippen LogP contribution >= 0.6 is 0 Å². The van der Waals surface area contributed by atoms with Gasteiger partial charge in [0.25, 0.3) is 0 Å². The fourth-order valence-electron chi connectivity index (χ4n) is 1.32. The molecule has 0 aliphatic rings. The molecule has 1 rings (SSSR count). The molecule has 0 bridgehead atoms. The third kappa shape index (κ3) is 3.57. The minimum atomic E-state index is -0.287. The summed E-state index contributed by atoms with van der Waals surface area (Å²) in [5.41, 5.74) is 7.67. The summed E-state index contributed by atoms with van der Waals surface area (Å²) in [4.78, 5) is 11.7. The van der Waals surface area contributed by atoms with E-state index in [-0.39, 0.29) is 5.97 Å². The van der Waals surface area contributed by atoms with Gasteiger partial charge in [-0.3, -0.25) is 0 Å². The maximum Gasteiger partial charge on any atom is 0.338 e. The standard InChI is InChI=1S/C13H19NO2/c1-9(2)6-7-16-13(15)12-8-11(14)5-4-10(12)3/h4-5,8-9H,6-7,14H2,1-3H3. The number of hydrogen-bond donors (Lipinski definition) is 1. The number of ether oxygens (including phenoxy) is 1. The Bertz CT molecular complexity index is 372. The molecule has 0 spiro atoms. The fraction of sp³-hybridized carbons (Fsp3) is 0.462. The summed E-state index contributed by atoms with van der Waals surface area (Å²) in [6.07, 6.45) is 0.882. The van der Waals surface area contributed by atoms with E-state index in [9.17, 15) is 4.79 Å². The smallest absolute Gasteiger partial charge is 0.338 e. The molecule has 0 aliphatic carbocycles. The number of carbonyl (C=O) groups is 1. The van der Waals surface area contributed by atoms with Crippen LogP contribution in [-0.2, 0) is 4.74 Å². The zero-order chi connectivity index (χ0) is 12.1. The van der Waals surface area contributed by atoms with Crippen LogP contribution in [-0.4, -0.2) is 12.6 Å². The number of esters is 1. The van der Waals surface area contributed by atoms with Crippen molar-refractivity contribution < 1.29 is 9.53 Å². The van der Waals surface area contributed by atoms with Crippen LogP contribution in [0.2, 0.25) is 0 Å². The normalized spacial score (nSPS) is 10.5. The van der Waals surface area contributed by atoms with Gasteiger partial charge in [-0.1, -0.05) is 19.9 Å². The number of nitrogens with two attached hydrogens (primary N) is 1. The number of anilines is 1. The van der Waals surface area contributed by atoms with Gasteiger partial charge in [0.2, 0.25) is 0 Å². The first kappa shape index (κ1) is 12.6. The van der Waals surface area contributed by atoms with Crippen molar-refractivity contribution in [2.75, 3.05) is 12.3 Å². The number of aryl methyl sites for hydroxylation is 1. The van der Waals surface area contributed by atoms with Gasteiger partial charge >= 0.3 is 5.97 Å². The fourth-order valence-corrected chi connectivity index (χ4v) is 1.32. The Kier molecular flexibility index (Phi) is 4.35. The highest BCUT2D eigenvalue weighted by molar-refractivity contribution is 5.92. The molecule has 0 saturated carbocycles. The Balaban J connectivity index is 2.62. The highest BCUT2D eigenvalue weighted by Gasteiger charge is 2.10. The van der Waals surface area contributed by atoms with Crippen LogP contribution in [0.4, 0.5) is 5.69 Å². The number of carbonyl (C=O) groups excluding carboxylic acids is 1. The first-order chi connectivity index (χ1) is 7.50. The predicted octanol–water partition coefficient (Wildman–Crippen LogP) is 2.78. The van der Waals surface area contributed by atoms with E-state index in [1.54, 1.807) is 12.1 Å². The molecule has 0 amide bonds. The molecule has 3 nitrogen and oxygen atoms in total. The van der Waals surface area contributed by atoms with Crippen molar-refractivity contribution in [3.8, 4) is 0 Å². The lowest BCUT2D eigenvalue weighted by atomic mass is 10.1. The third-order valence-electron chi connectivity index (χ3n) is 2.41. The van der Waals surface area contributed by atoms with E-state index >= 15 is 0 Å². The van der Waals surface area contributed by atoms with E-state index in [0.29, 0.717) is 23.8 Å². The molecule has 0 saturated heterocycles. The topological polar surface area (TPSA) is 52.3 Å². The van der Waals surface area contributed by atoms with Crippen molar-refractivity contribution in [1.82, 2.24) is 0 Å². The highest BCUT2D eigenvalue weighted by atomic mass is 16.5. The summed E-state index contributed by atoms with van der Waals surface area (Å²) < 4.78 is 5.18. The zero-order valence-electron chi connectivity index (χ0n) is 10.1. The van der Waals surface area contributed by atoms with Crippen molar-refractivity contribution in [2.45, 2.75) is 27.2 Å². The average Bonchev–Trinajstić information content (AvgIpc) is 2.21. The minimum absolute atomic E-state index is 0.287. The van der Waals surface area contributed by atoms with Gasteiger partial charge in [-0.05, 0) is 37.0 Å². The zero-order valence-corrected chi connectivity index (χ0v) is 10.1. The number of nitrogen functional groups attached to an aromatic ring is 1. The molecule has 88 valence electrons. The van der Waals surface area contributed by atoms with Gasteiger partial charge in [-0.2, -0.15) is 0 Å². The summed E-state index contributed by atoms with van der Waals surface area (Å²) in [5.74, 6) is 0.250. The lowest BCUT2D eigenvalue weighted by Crippen LogP contribution is -2.10. The van der Waals surface area contributed by atoms with E-state index in [4.69, 9.17) is 10.5 Å². The van der Waals surface area contributed by atoms with Crippen molar-refractivity contribution in [1.29, 1.82) is 0 Å². The van der Waals surface area contributed by atoms with E-state index in [1.165, 1.54) is 0 Å². The third-order valence-corrected chi connectivity index (χ3v) is 2.41. The largest absolute Gasteiger partial charge is 0.462 e. The van der Waals surface area contributed by atoms with Gasteiger partial charge < -0.3 is 10.5 Å². The summed E-state index contributed by atoms with van der Waals surface area (Å²) >= 11 is 0. The SMILES string of the molecule is Cc1ccc(N)cc1C(=O)OCCC(C)C. The molecule has 0 fully saturated rings. The minimum Gasteiger partial charge on any atom is -0.462 e. The summed E-state index contributed by atoms with van der Waals surface area (Å²) in [7, 11) is 0. The van der Waals surface area contributed by atoms with Crippen LogP contribution in [0.25, 0.3) is 0 Å². The van der Waals surface area contributed by atoms with Crippen LogP contribution in [0.1, 0.15) is 36.2 Å². The van der Waals surface area contributed by atoms with E-state index in [1.807, 2.05) is 13.0 Å². The Morgan fingerprint density at radius 2 is 2.12 bits per heavy atom. The van der Waals surface area contributed by atoms with Crippen molar-refractivity contribution in [2.24, 2.45) is 5.92 Å². The Morgan fingerprint density at radius 3 is 2.75 bits per heavy atom. The lowest BCUT2D eigenvalue weighted by Gasteiger charge is -2.09. The number of hydrogen-bond acceptors (Lipinski definition) is 3. The average molecular weight is 221 g/mol. The second kappa shape index (κ2) is 5.54. The first-order valence-corrected chi connectivity index (χ1v) is 5.54. The monoisotopic (exact) mass is 221 g/mol. The molecule has 0 aromatic heterocycles. The second-order valence-electron chi connectivity index (χ2n) is 4.39. The van der Waals surface area contributed by atoms with Crippen LogP contribution in [0.15, 0.2) is 18.2 Å². The maximum absolute atomic E-state index is 11.7. The molecule has 0 radical (unpaired) electrons. The lowest BCUT2D eigenvalue weighted by molar-refractivity contribution is 0.0487. The predicted molar refractivity (Wildman–Crippen MR) is 65.3 cm³/mol.